The summed E-state index contributed by atoms with van der Waals surface area (Å²) in [6, 6.07) is 5.20. The second-order valence-corrected chi connectivity index (χ2v) is 3.92. The Labute approximate surface area is 90.7 Å². The average Bonchev–Trinajstić information content (AvgIpc) is 2.20. The number of rotatable bonds is 5. The maximum absolute atomic E-state index is 13.1. The van der Waals surface area contributed by atoms with Crippen molar-refractivity contribution in [1.82, 2.24) is 0 Å². The molecular formula is C12H19FN2. The van der Waals surface area contributed by atoms with Crippen molar-refractivity contribution in [2.24, 2.45) is 0 Å². The van der Waals surface area contributed by atoms with Gasteiger partial charge >= 0.3 is 0 Å². The number of unbranched alkanes of at least 4 members (excludes halogenated alkanes) is 1. The van der Waals surface area contributed by atoms with E-state index in [4.69, 9.17) is 5.73 Å². The number of hydrogen-bond acceptors (Lipinski definition) is 2. The van der Waals surface area contributed by atoms with Gasteiger partial charge in [-0.3, -0.25) is 0 Å². The molecule has 0 aliphatic heterocycles. The second-order valence-electron chi connectivity index (χ2n) is 3.92. The normalized spacial score (nSPS) is 12.5. The zero-order valence-electron chi connectivity index (χ0n) is 9.39. The van der Waals surface area contributed by atoms with Crippen LogP contribution in [0.25, 0.3) is 0 Å². The number of nitrogens with two attached hydrogens (primary N) is 1. The third-order valence-electron chi connectivity index (χ3n) is 2.40. The van der Waals surface area contributed by atoms with E-state index in [0.717, 1.165) is 12.1 Å². The van der Waals surface area contributed by atoms with Gasteiger partial charge in [0, 0.05) is 11.7 Å². The molecule has 3 heteroatoms. The first-order valence-corrected chi connectivity index (χ1v) is 5.45. The molecule has 0 saturated carbocycles. The predicted molar refractivity (Wildman–Crippen MR) is 63.4 cm³/mol. The third-order valence-corrected chi connectivity index (χ3v) is 2.40. The van der Waals surface area contributed by atoms with E-state index in [9.17, 15) is 4.39 Å². The van der Waals surface area contributed by atoms with E-state index in [2.05, 4.69) is 19.2 Å². The van der Waals surface area contributed by atoms with Crippen LogP contribution in [-0.2, 0) is 0 Å². The van der Waals surface area contributed by atoms with Crippen LogP contribution in [0, 0.1) is 5.82 Å². The molecule has 0 aromatic heterocycles. The fourth-order valence-electron chi connectivity index (χ4n) is 1.48. The van der Waals surface area contributed by atoms with E-state index in [1.165, 1.54) is 18.9 Å². The van der Waals surface area contributed by atoms with Gasteiger partial charge in [0.05, 0.1) is 5.69 Å². The smallest absolute Gasteiger partial charge is 0.148 e. The first-order valence-electron chi connectivity index (χ1n) is 5.45. The van der Waals surface area contributed by atoms with Gasteiger partial charge in [0.1, 0.15) is 5.82 Å². The van der Waals surface area contributed by atoms with Crippen molar-refractivity contribution < 1.29 is 4.39 Å². The molecule has 15 heavy (non-hydrogen) atoms. The highest BCUT2D eigenvalue weighted by Crippen LogP contribution is 2.17. The minimum atomic E-state index is -0.359. The lowest BCUT2D eigenvalue weighted by Crippen LogP contribution is -2.14. The first kappa shape index (κ1) is 11.8. The monoisotopic (exact) mass is 210 g/mol. The van der Waals surface area contributed by atoms with Gasteiger partial charge in [0.2, 0.25) is 0 Å². The highest BCUT2D eigenvalue weighted by atomic mass is 19.1. The van der Waals surface area contributed by atoms with Crippen LogP contribution in [0.5, 0.6) is 0 Å². The van der Waals surface area contributed by atoms with Crippen LogP contribution in [0.1, 0.15) is 33.1 Å². The maximum Gasteiger partial charge on any atom is 0.148 e. The highest BCUT2D eigenvalue weighted by molar-refractivity contribution is 5.52. The number of anilines is 2. The Balaban J connectivity index is 2.53. The van der Waals surface area contributed by atoms with Crippen molar-refractivity contribution in [2.75, 3.05) is 11.1 Å². The van der Waals surface area contributed by atoms with Gasteiger partial charge in [-0.25, -0.2) is 4.39 Å². The Bertz CT molecular complexity index is 312. The predicted octanol–water partition coefficient (Wildman–Crippen LogP) is 3.40. The van der Waals surface area contributed by atoms with Crippen LogP contribution in [0.15, 0.2) is 18.2 Å². The lowest BCUT2D eigenvalue weighted by atomic mass is 10.1. The zero-order valence-corrected chi connectivity index (χ0v) is 9.39. The van der Waals surface area contributed by atoms with Crippen LogP contribution in [0.4, 0.5) is 15.8 Å². The average molecular weight is 210 g/mol. The molecule has 1 rings (SSSR count). The van der Waals surface area contributed by atoms with Gasteiger partial charge in [-0.1, -0.05) is 19.8 Å². The number of hydrogen-bond donors (Lipinski definition) is 2. The van der Waals surface area contributed by atoms with Gasteiger partial charge in [0.25, 0.3) is 0 Å². The summed E-state index contributed by atoms with van der Waals surface area (Å²) in [5.74, 6) is -0.359. The Morgan fingerprint density at radius 2 is 2.20 bits per heavy atom. The molecular weight excluding hydrogens is 191 g/mol. The Kier molecular flexibility index (Phi) is 4.40. The Morgan fingerprint density at radius 3 is 2.80 bits per heavy atom. The summed E-state index contributed by atoms with van der Waals surface area (Å²) in [5, 5.41) is 3.25. The molecule has 3 N–H and O–H groups in total. The molecule has 0 bridgehead atoms. The van der Waals surface area contributed by atoms with Crippen LogP contribution < -0.4 is 11.1 Å². The molecule has 1 aromatic carbocycles. The number of nitrogens with one attached hydrogen (secondary N) is 1. The Morgan fingerprint density at radius 1 is 1.47 bits per heavy atom. The fourth-order valence-corrected chi connectivity index (χ4v) is 1.48. The molecule has 1 atom stereocenters. The van der Waals surface area contributed by atoms with E-state index < -0.39 is 0 Å². The lowest BCUT2D eigenvalue weighted by molar-refractivity contribution is 0.628. The molecule has 0 amide bonds. The summed E-state index contributed by atoms with van der Waals surface area (Å²) in [4.78, 5) is 0. The lowest BCUT2D eigenvalue weighted by Gasteiger charge is -2.15. The molecule has 1 unspecified atom stereocenters. The van der Waals surface area contributed by atoms with E-state index in [1.54, 1.807) is 12.1 Å². The number of nitrogen functional groups attached to an aromatic ring is 1. The summed E-state index contributed by atoms with van der Waals surface area (Å²) in [5.41, 5.74) is 6.39. The van der Waals surface area contributed by atoms with Crippen molar-refractivity contribution in [3.05, 3.63) is 24.0 Å². The van der Waals surface area contributed by atoms with Gasteiger partial charge in [0.15, 0.2) is 0 Å². The molecule has 0 saturated heterocycles. The van der Waals surface area contributed by atoms with Gasteiger partial charge in [-0.05, 0) is 31.5 Å². The summed E-state index contributed by atoms with van der Waals surface area (Å²) in [7, 11) is 0. The van der Waals surface area contributed by atoms with E-state index in [1.807, 2.05) is 0 Å². The first-order chi connectivity index (χ1) is 7.13. The quantitative estimate of drug-likeness (QED) is 0.731. The summed E-state index contributed by atoms with van der Waals surface area (Å²) >= 11 is 0. The van der Waals surface area contributed by atoms with Crippen molar-refractivity contribution in [3.8, 4) is 0 Å². The molecule has 1 aromatic rings. The van der Waals surface area contributed by atoms with Gasteiger partial charge in [-0.2, -0.15) is 0 Å². The van der Waals surface area contributed by atoms with Crippen LogP contribution in [-0.4, -0.2) is 6.04 Å². The molecule has 0 fully saturated rings. The molecule has 84 valence electrons. The molecule has 0 aliphatic carbocycles. The maximum atomic E-state index is 13.1. The molecule has 0 aliphatic rings. The molecule has 0 radical (unpaired) electrons. The third kappa shape index (κ3) is 3.78. The number of benzene rings is 1. The van der Waals surface area contributed by atoms with Crippen molar-refractivity contribution in [1.29, 1.82) is 0 Å². The standard InChI is InChI=1S/C12H19FN2/c1-3-4-5-9(2)15-10-6-7-12(14)11(13)8-10/h6-9,15H,3-5,14H2,1-2H3. The fraction of sp³-hybridized carbons (Fsp3) is 0.500. The number of halogens is 1. The highest BCUT2D eigenvalue weighted by Gasteiger charge is 2.03. The van der Waals surface area contributed by atoms with Gasteiger partial charge < -0.3 is 11.1 Å². The van der Waals surface area contributed by atoms with Crippen LogP contribution in [0.3, 0.4) is 0 Å². The Hall–Kier alpha value is -1.25. The minimum absolute atomic E-state index is 0.196. The van der Waals surface area contributed by atoms with Crippen LogP contribution >= 0.6 is 0 Å². The van der Waals surface area contributed by atoms with E-state index >= 15 is 0 Å². The molecule has 0 spiro atoms. The van der Waals surface area contributed by atoms with Gasteiger partial charge in [-0.15, -0.1) is 0 Å². The van der Waals surface area contributed by atoms with Crippen molar-refractivity contribution in [2.45, 2.75) is 39.2 Å². The van der Waals surface area contributed by atoms with Crippen molar-refractivity contribution in [3.63, 3.8) is 0 Å². The van der Waals surface area contributed by atoms with Crippen LogP contribution in [0.2, 0.25) is 0 Å². The minimum Gasteiger partial charge on any atom is -0.396 e. The SMILES string of the molecule is CCCCC(C)Nc1ccc(N)c(F)c1. The van der Waals surface area contributed by atoms with Crippen molar-refractivity contribution >= 4 is 11.4 Å². The summed E-state index contributed by atoms with van der Waals surface area (Å²) < 4.78 is 13.1. The summed E-state index contributed by atoms with van der Waals surface area (Å²) in [6.45, 7) is 4.26. The second kappa shape index (κ2) is 5.59. The zero-order chi connectivity index (χ0) is 11.3. The summed E-state index contributed by atoms with van der Waals surface area (Å²) in [6.07, 6.45) is 3.47. The largest absolute Gasteiger partial charge is 0.396 e. The topological polar surface area (TPSA) is 38.0 Å². The molecule has 0 heterocycles. The molecule has 2 nitrogen and oxygen atoms in total. The van der Waals surface area contributed by atoms with E-state index in [0.29, 0.717) is 6.04 Å². The van der Waals surface area contributed by atoms with E-state index in [-0.39, 0.29) is 11.5 Å².